The molecule has 0 saturated carbocycles. The molecule has 0 saturated heterocycles. The first-order valence-electron chi connectivity index (χ1n) is 16.2. The average molecular weight is 805 g/mol. The molecule has 5 N–H and O–H groups in total. The van der Waals surface area contributed by atoms with Crippen LogP contribution < -0.4 is 19.5 Å². The van der Waals surface area contributed by atoms with Gasteiger partial charge in [0.15, 0.2) is 10.7 Å². The van der Waals surface area contributed by atoms with Crippen molar-refractivity contribution in [1.82, 2.24) is 15.6 Å². The molecule has 1 aromatic carbocycles. The molecule has 2 amide bonds. The molecule has 15 nitrogen and oxygen atoms in total. The van der Waals surface area contributed by atoms with Crippen molar-refractivity contribution < 1.29 is 52.6 Å². The number of anilines is 1. The SMILES string of the molecule is CP(CC(C)(C)C(=O)O)SOc1ccc([S+]([O-])Nc2ccc(C(=O)NCPCOOCCC(=O)NC(C)(C)CCOC(C)(C)CC(=O)O)cn2)cc1. The van der Waals surface area contributed by atoms with Gasteiger partial charge in [-0.3, -0.25) is 19.2 Å². The lowest BCUT2D eigenvalue weighted by Gasteiger charge is -2.29. The van der Waals surface area contributed by atoms with Gasteiger partial charge in [-0.1, -0.05) is 8.58 Å². The predicted molar refractivity (Wildman–Crippen MR) is 204 cm³/mol. The van der Waals surface area contributed by atoms with Crippen LogP contribution in [0.3, 0.4) is 0 Å². The molecule has 3 unspecified atom stereocenters. The predicted octanol–water partition coefficient (Wildman–Crippen LogP) is 5.60. The fourth-order valence-electron chi connectivity index (χ4n) is 4.19. The maximum atomic E-state index is 12.8. The fourth-order valence-corrected chi connectivity index (χ4v) is 8.95. The molecule has 52 heavy (non-hydrogen) atoms. The fraction of sp³-hybridized carbons (Fsp3) is 0.545. The molecule has 0 aliphatic carbocycles. The number of hydrogen-bond acceptors (Lipinski definition) is 12. The van der Waals surface area contributed by atoms with Gasteiger partial charge in [0, 0.05) is 24.6 Å². The number of aromatic nitrogens is 1. The van der Waals surface area contributed by atoms with Crippen LogP contribution in [0.5, 0.6) is 5.75 Å². The molecule has 0 aliphatic heterocycles. The van der Waals surface area contributed by atoms with Crippen LogP contribution in [0, 0.1) is 5.41 Å². The summed E-state index contributed by atoms with van der Waals surface area (Å²) in [6.45, 7) is 12.8. The Bertz CT molecular complexity index is 1450. The number of ether oxygens (including phenoxy) is 1. The van der Waals surface area contributed by atoms with E-state index in [1.807, 2.05) is 20.5 Å². The maximum Gasteiger partial charge on any atom is 0.309 e. The third-order valence-corrected chi connectivity index (χ3v) is 12.0. The van der Waals surface area contributed by atoms with Crippen LogP contribution >= 0.6 is 27.4 Å². The van der Waals surface area contributed by atoms with Gasteiger partial charge in [-0.25, -0.2) is 14.8 Å². The molecule has 0 aliphatic rings. The van der Waals surface area contributed by atoms with Gasteiger partial charge in [0.25, 0.3) is 5.91 Å². The van der Waals surface area contributed by atoms with Gasteiger partial charge in [-0.15, -0.1) is 0 Å². The minimum atomic E-state index is -1.62. The van der Waals surface area contributed by atoms with E-state index < -0.39 is 47.0 Å². The lowest BCUT2D eigenvalue weighted by molar-refractivity contribution is -0.278. The summed E-state index contributed by atoms with van der Waals surface area (Å²) in [5.74, 6) is -1.47. The number of pyridine rings is 1. The van der Waals surface area contributed by atoms with Crippen molar-refractivity contribution in [3.05, 3.63) is 48.2 Å². The molecule has 0 fully saturated rings. The largest absolute Gasteiger partial charge is 0.588 e. The molecule has 0 spiro atoms. The van der Waals surface area contributed by atoms with Crippen LogP contribution in [0.25, 0.3) is 0 Å². The Labute approximate surface area is 315 Å². The number of benzene rings is 1. The summed E-state index contributed by atoms with van der Waals surface area (Å²) in [6.07, 6.45) is 2.90. The highest BCUT2D eigenvalue weighted by Crippen LogP contribution is 2.50. The topological polar surface area (TPSA) is 218 Å². The third kappa shape index (κ3) is 18.3. The molecular weight excluding hydrogens is 754 g/mol. The zero-order chi connectivity index (χ0) is 39.0. The number of carbonyl (C=O) groups is 4. The van der Waals surface area contributed by atoms with Crippen LogP contribution in [0.1, 0.15) is 71.2 Å². The van der Waals surface area contributed by atoms with Crippen molar-refractivity contribution >= 4 is 68.3 Å². The number of rotatable bonds is 25. The van der Waals surface area contributed by atoms with E-state index in [2.05, 4.69) is 20.3 Å². The summed E-state index contributed by atoms with van der Waals surface area (Å²) < 4.78 is 27.0. The van der Waals surface area contributed by atoms with E-state index in [0.29, 0.717) is 47.5 Å². The molecule has 2 rings (SSSR count). The van der Waals surface area contributed by atoms with Crippen molar-refractivity contribution in [3.63, 3.8) is 0 Å². The van der Waals surface area contributed by atoms with Gasteiger partial charge < -0.3 is 34.3 Å². The highest BCUT2D eigenvalue weighted by Gasteiger charge is 2.30. The molecule has 290 valence electrons. The van der Waals surface area contributed by atoms with E-state index in [-0.39, 0.29) is 46.2 Å². The average Bonchev–Trinajstić information content (AvgIpc) is 3.04. The first-order valence-corrected chi connectivity index (χ1v) is 22.1. The Morgan fingerprint density at radius 2 is 1.69 bits per heavy atom. The van der Waals surface area contributed by atoms with E-state index in [9.17, 15) is 28.8 Å². The summed E-state index contributed by atoms with van der Waals surface area (Å²) >= 11 is -0.378. The zero-order valence-corrected chi connectivity index (χ0v) is 34.0. The molecule has 3 atom stereocenters. The molecule has 19 heteroatoms. The second-order valence-electron chi connectivity index (χ2n) is 13.5. The van der Waals surface area contributed by atoms with Gasteiger partial charge in [0.05, 0.1) is 47.7 Å². The van der Waals surface area contributed by atoms with Gasteiger partial charge >= 0.3 is 11.9 Å². The number of carboxylic acid groups (broad SMARTS) is 2. The monoisotopic (exact) mass is 804 g/mol. The van der Waals surface area contributed by atoms with Gasteiger partial charge in [-0.2, -0.15) is 4.72 Å². The number of amides is 2. The lowest BCUT2D eigenvalue weighted by Crippen LogP contribution is -2.45. The normalized spacial score (nSPS) is 13.4. The number of carbonyl (C=O) groups excluding carboxylic acids is 2. The van der Waals surface area contributed by atoms with Crippen LogP contribution in [-0.2, 0) is 40.3 Å². The molecule has 1 heterocycles. The minimum Gasteiger partial charge on any atom is -0.588 e. The molecule has 0 radical (unpaired) electrons. The minimum absolute atomic E-state index is 0.0485. The maximum absolute atomic E-state index is 12.8. The highest BCUT2D eigenvalue weighted by atomic mass is 32.7. The molecule has 0 bridgehead atoms. The van der Waals surface area contributed by atoms with E-state index in [0.717, 1.165) is 0 Å². The number of hydrogen-bond donors (Lipinski definition) is 5. The molecule has 1 aromatic heterocycles. The number of nitrogens with one attached hydrogen (secondary N) is 3. The quantitative estimate of drug-likeness (QED) is 0.0206. The summed E-state index contributed by atoms with van der Waals surface area (Å²) in [7, 11) is -0.535. The Balaban J connectivity index is 1.61. The van der Waals surface area contributed by atoms with E-state index in [1.54, 1.807) is 64.1 Å². The van der Waals surface area contributed by atoms with Crippen LogP contribution in [0.4, 0.5) is 5.82 Å². The lowest BCUT2D eigenvalue weighted by atomic mass is 9.97. The van der Waals surface area contributed by atoms with Crippen LogP contribution in [-0.4, -0.2) is 93.3 Å². The first-order chi connectivity index (χ1) is 24.3. The summed E-state index contributed by atoms with van der Waals surface area (Å²) in [5.41, 5.74) is -1.87. The van der Waals surface area contributed by atoms with Crippen molar-refractivity contribution in [2.45, 2.75) is 76.8 Å². The van der Waals surface area contributed by atoms with Gasteiger partial charge in [0.1, 0.15) is 23.5 Å². The smallest absolute Gasteiger partial charge is 0.309 e. The van der Waals surface area contributed by atoms with Crippen LogP contribution in [0.15, 0.2) is 47.5 Å². The van der Waals surface area contributed by atoms with Crippen molar-refractivity contribution in [2.24, 2.45) is 5.41 Å². The second kappa shape index (κ2) is 21.8. The number of carboxylic acids is 2. The van der Waals surface area contributed by atoms with Gasteiger partial charge in [-0.05, 0) is 104 Å². The molecule has 2 aromatic rings. The Morgan fingerprint density at radius 3 is 2.31 bits per heavy atom. The number of aliphatic carboxylic acids is 2. The van der Waals surface area contributed by atoms with E-state index in [1.165, 1.54) is 17.9 Å². The first kappa shape index (κ1) is 45.4. The molecular formula is C33H50N4O11P2S2. The number of nitrogens with zero attached hydrogens (tertiary/aromatic N) is 1. The zero-order valence-electron chi connectivity index (χ0n) is 30.5. The van der Waals surface area contributed by atoms with Crippen molar-refractivity contribution in [3.8, 4) is 5.75 Å². The summed E-state index contributed by atoms with van der Waals surface area (Å²) in [5, 5.41) is 23.9. The van der Waals surface area contributed by atoms with E-state index in [4.69, 9.17) is 23.8 Å². The van der Waals surface area contributed by atoms with Crippen molar-refractivity contribution in [2.75, 3.05) is 43.4 Å². The summed E-state index contributed by atoms with van der Waals surface area (Å²) in [4.78, 5) is 61.9. The standard InChI is InChI=1S/C33H50N4O11P2S2/c1-31(2,30(42)43)20-50(7)51-48-24-9-11-25(12-10-24)52(44)37-26-13-8-23(19-34-26)29(41)35-21-49-22-47-46-16-14-27(38)36-32(3,4)15-17-45-33(5,6)18-28(39)40/h8-13,19,49H,14-18,20-22H2,1-7H3,(H,34,37)(H,35,41)(H,36,38)(H,39,40)(H,42,43). The Hall–Kier alpha value is -2.75. The second-order valence-corrected chi connectivity index (χ2v) is 20.1. The van der Waals surface area contributed by atoms with E-state index >= 15 is 0 Å². The Morgan fingerprint density at radius 1 is 1.00 bits per heavy atom. The summed E-state index contributed by atoms with van der Waals surface area (Å²) in [6, 6.07) is 9.79. The van der Waals surface area contributed by atoms with Gasteiger partial charge in [0.2, 0.25) is 5.91 Å². The Kier molecular flexibility index (Phi) is 19.1. The highest BCUT2D eigenvalue weighted by molar-refractivity contribution is 8.53. The van der Waals surface area contributed by atoms with Crippen molar-refractivity contribution in [1.29, 1.82) is 0 Å². The third-order valence-electron chi connectivity index (χ3n) is 7.02. The van der Waals surface area contributed by atoms with Crippen LogP contribution in [0.2, 0.25) is 0 Å².